The van der Waals surface area contributed by atoms with Gasteiger partial charge in [0.1, 0.15) is 5.82 Å². The molecule has 1 atom stereocenters. The van der Waals surface area contributed by atoms with E-state index in [-0.39, 0.29) is 11.9 Å². The lowest BCUT2D eigenvalue weighted by molar-refractivity contribution is 0.599. The largest absolute Gasteiger partial charge is 0.378 e. The Morgan fingerprint density at radius 3 is 2.65 bits per heavy atom. The van der Waals surface area contributed by atoms with Crippen molar-refractivity contribution in [2.45, 2.75) is 32.7 Å². The predicted molar refractivity (Wildman–Crippen MR) is 86.6 cm³/mol. The van der Waals surface area contributed by atoms with Gasteiger partial charge in [-0.05, 0) is 37.1 Å². The van der Waals surface area contributed by atoms with Gasteiger partial charge in [-0.3, -0.25) is 0 Å². The molecule has 0 bridgehead atoms. The van der Waals surface area contributed by atoms with Gasteiger partial charge in [-0.1, -0.05) is 53.5 Å². The minimum absolute atomic E-state index is 0.0684. The molecular weight excluding hydrogens is 317 g/mol. The molecule has 1 unspecified atom stereocenters. The average molecular weight is 336 g/mol. The number of para-hydroxylation sites is 1. The lowest BCUT2D eigenvalue weighted by atomic mass is 10.0. The van der Waals surface area contributed by atoms with Crippen LogP contribution in [0.4, 0.5) is 10.1 Å². The van der Waals surface area contributed by atoms with Crippen LogP contribution in [0.25, 0.3) is 0 Å². The Kier molecular flexibility index (Phi) is 5.18. The predicted octanol–water partition coefficient (Wildman–Crippen LogP) is 5.71. The molecule has 0 aromatic heterocycles. The summed E-state index contributed by atoms with van der Waals surface area (Å²) in [5, 5.41) is 3.42. The average Bonchev–Trinajstić information content (AvgIpc) is 2.41. The van der Waals surface area contributed by atoms with Gasteiger partial charge in [0.2, 0.25) is 0 Å². The van der Waals surface area contributed by atoms with Crippen LogP contribution in [-0.2, 0) is 6.42 Å². The summed E-state index contributed by atoms with van der Waals surface area (Å²) in [5.41, 5.74) is 3.04. The summed E-state index contributed by atoms with van der Waals surface area (Å²) >= 11 is 3.28. The number of nitrogens with one attached hydrogen (secondary N) is 1. The summed E-state index contributed by atoms with van der Waals surface area (Å²) in [6.07, 6.45) is 2.12. The van der Waals surface area contributed by atoms with E-state index >= 15 is 0 Å². The maximum Gasteiger partial charge on any atom is 0.129 e. The second-order valence-corrected chi connectivity index (χ2v) is 5.85. The number of hydrogen-bond donors (Lipinski definition) is 1. The molecule has 106 valence electrons. The van der Waals surface area contributed by atoms with Crippen molar-refractivity contribution in [2.75, 3.05) is 5.32 Å². The molecule has 0 spiro atoms. The first-order valence-electron chi connectivity index (χ1n) is 6.91. The molecular formula is C17H19BrFN. The summed E-state index contributed by atoms with van der Waals surface area (Å²) in [6, 6.07) is 13.3. The van der Waals surface area contributed by atoms with Gasteiger partial charge in [0.25, 0.3) is 0 Å². The first-order chi connectivity index (χ1) is 9.61. The van der Waals surface area contributed by atoms with E-state index in [1.54, 1.807) is 0 Å². The van der Waals surface area contributed by atoms with Crippen LogP contribution in [0.5, 0.6) is 0 Å². The van der Waals surface area contributed by atoms with Crippen molar-refractivity contribution >= 4 is 21.6 Å². The maximum absolute atomic E-state index is 14.0. The summed E-state index contributed by atoms with van der Waals surface area (Å²) in [7, 11) is 0. The third kappa shape index (κ3) is 3.60. The summed E-state index contributed by atoms with van der Waals surface area (Å²) < 4.78 is 14.7. The molecule has 0 amide bonds. The zero-order chi connectivity index (χ0) is 14.5. The van der Waals surface area contributed by atoms with E-state index in [0.717, 1.165) is 23.0 Å². The number of anilines is 1. The van der Waals surface area contributed by atoms with Gasteiger partial charge in [0.05, 0.1) is 6.04 Å². The van der Waals surface area contributed by atoms with E-state index < -0.39 is 0 Å². The SMILES string of the molecule is CCCc1ccccc1NC(C)c1ccc(Br)cc1F. The highest BCUT2D eigenvalue weighted by Crippen LogP contribution is 2.26. The summed E-state index contributed by atoms with van der Waals surface area (Å²) in [5.74, 6) is -0.188. The fourth-order valence-electron chi connectivity index (χ4n) is 2.31. The number of rotatable bonds is 5. The fraction of sp³-hybridized carbons (Fsp3) is 0.294. The third-order valence-corrected chi connectivity index (χ3v) is 3.83. The normalized spacial score (nSPS) is 12.2. The Bertz CT molecular complexity index is 583. The van der Waals surface area contributed by atoms with Crippen molar-refractivity contribution in [3.63, 3.8) is 0 Å². The van der Waals surface area contributed by atoms with Crippen molar-refractivity contribution in [3.05, 3.63) is 63.9 Å². The van der Waals surface area contributed by atoms with Crippen LogP contribution in [0.1, 0.15) is 37.4 Å². The Morgan fingerprint density at radius 2 is 1.95 bits per heavy atom. The zero-order valence-corrected chi connectivity index (χ0v) is 13.4. The number of benzene rings is 2. The topological polar surface area (TPSA) is 12.0 Å². The molecule has 0 fully saturated rings. The van der Waals surface area contributed by atoms with E-state index in [1.807, 2.05) is 31.2 Å². The van der Waals surface area contributed by atoms with Crippen LogP contribution in [0, 0.1) is 5.82 Å². The molecule has 2 aromatic rings. The van der Waals surface area contributed by atoms with Gasteiger partial charge in [-0.15, -0.1) is 0 Å². The Balaban J connectivity index is 2.21. The van der Waals surface area contributed by atoms with Gasteiger partial charge >= 0.3 is 0 Å². The number of aryl methyl sites for hydroxylation is 1. The van der Waals surface area contributed by atoms with E-state index in [2.05, 4.69) is 40.3 Å². The first-order valence-corrected chi connectivity index (χ1v) is 7.70. The lowest BCUT2D eigenvalue weighted by Gasteiger charge is -2.19. The molecule has 1 nitrogen and oxygen atoms in total. The highest BCUT2D eigenvalue weighted by molar-refractivity contribution is 9.10. The monoisotopic (exact) mass is 335 g/mol. The Labute approximate surface area is 128 Å². The molecule has 0 aliphatic rings. The van der Waals surface area contributed by atoms with Crippen LogP contribution >= 0.6 is 15.9 Å². The van der Waals surface area contributed by atoms with Crippen LogP contribution in [-0.4, -0.2) is 0 Å². The molecule has 0 aliphatic heterocycles. The lowest BCUT2D eigenvalue weighted by Crippen LogP contribution is -2.10. The molecule has 0 heterocycles. The minimum atomic E-state index is -0.188. The van der Waals surface area contributed by atoms with E-state index in [9.17, 15) is 4.39 Å². The van der Waals surface area contributed by atoms with Gasteiger partial charge in [0.15, 0.2) is 0 Å². The Hall–Kier alpha value is -1.35. The third-order valence-electron chi connectivity index (χ3n) is 3.34. The molecule has 0 radical (unpaired) electrons. The summed E-state index contributed by atoms with van der Waals surface area (Å²) in [6.45, 7) is 4.14. The first kappa shape index (κ1) is 15.0. The zero-order valence-electron chi connectivity index (χ0n) is 11.8. The molecule has 0 saturated carbocycles. The van der Waals surface area contributed by atoms with Gasteiger partial charge in [0, 0.05) is 15.7 Å². The van der Waals surface area contributed by atoms with E-state index in [0.29, 0.717) is 5.56 Å². The highest BCUT2D eigenvalue weighted by Gasteiger charge is 2.12. The smallest absolute Gasteiger partial charge is 0.129 e. The minimum Gasteiger partial charge on any atom is -0.378 e. The van der Waals surface area contributed by atoms with Crippen LogP contribution in [0.15, 0.2) is 46.9 Å². The molecule has 20 heavy (non-hydrogen) atoms. The standard InChI is InChI=1S/C17H19BrFN/c1-3-6-13-7-4-5-8-17(13)20-12(2)15-10-9-14(18)11-16(15)19/h4-5,7-12,20H,3,6H2,1-2H3. The van der Waals surface area contributed by atoms with Crippen molar-refractivity contribution < 1.29 is 4.39 Å². The van der Waals surface area contributed by atoms with Crippen molar-refractivity contribution in [1.29, 1.82) is 0 Å². The second kappa shape index (κ2) is 6.89. The van der Waals surface area contributed by atoms with Crippen LogP contribution in [0.3, 0.4) is 0 Å². The summed E-state index contributed by atoms with van der Waals surface area (Å²) in [4.78, 5) is 0. The molecule has 3 heteroatoms. The van der Waals surface area contributed by atoms with Gasteiger partial charge in [-0.25, -0.2) is 4.39 Å². The molecule has 1 N–H and O–H groups in total. The van der Waals surface area contributed by atoms with Crippen molar-refractivity contribution in [2.24, 2.45) is 0 Å². The second-order valence-electron chi connectivity index (χ2n) is 4.94. The molecule has 0 saturated heterocycles. The quantitative estimate of drug-likeness (QED) is 0.737. The fourth-order valence-corrected chi connectivity index (χ4v) is 2.65. The molecule has 2 rings (SSSR count). The highest BCUT2D eigenvalue weighted by atomic mass is 79.9. The number of hydrogen-bond acceptors (Lipinski definition) is 1. The maximum atomic E-state index is 14.0. The van der Waals surface area contributed by atoms with Gasteiger partial charge in [-0.2, -0.15) is 0 Å². The molecule has 0 aliphatic carbocycles. The van der Waals surface area contributed by atoms with Gasteiger partial charge < -0.3 is 5.32 Å². The van der Waals surface area contributed by atoms with Crippen LogP contribution < -0.4 is 5.32 Å². The van der Waals surface area contributed by atoms with E-state index in [1.165, 1.54) is 11.6 Å². The van der Waals surface area contributed by atoms with Crippen molar-refractivity contribution in [3.8, 4) is 0 Å². The number of halogens is 2. The Morgan fingerprint density at radius 1 is 1.20 bits per heavy atom. The van der Waals surface area contributed by atoms with Crippen LogP contribution in [0.2, 0.25) is 0 Å². The van der Waals surface area contributed by atoms with E-state index in [4.69, 9.17) is 0 Å². The van der Waals surface area contributed by atoms with Crippen molar-refractivity contribution in [1.82, 2.24) is 0 Å². The molecule has 2 aromatic carbocycles.